The standard InChI is InChI=1S/C14H28N2O/c1-11-7-8-13(10-12(11)2)16-14(17)6-4-3-5-9-15/h11-13H,3-10,15H2,1-2H3,(H,16,17)/t11?,12-,13?/m1/s1. The highest BCUT2D eigenvalue weighted by Crippen LogP contribution is 2.29. The van der Waals surface area contributed by atoms with Crippen molar-refractivity contribution in [3.05, 3.63) is 0 Å². The maximum atomic E-state index is 11.7. The molecular weight excluding hydrogens is 212 g/mol. The van der Waals surface area contributed by atoms with E-state index in [2.05, 4.69) is 19.2 Å². The number of hydrogen-bond donors (Lipinski definition) is 2. The normalized spacial score (nSPS) is 29.0. The van der Waals surface area contributed by atoms with Crippen LogP contribution in [-0.2, 0) is 4.79 Å². The van der Waals surface area contributed by atoms with Crippen LogP contribution in [0.2, 0.25) is 0 Å². The predicted molar refractivity (Wildman–Crippen MR) is 71.6 cm³/mol. The van der Waals surface area contributed by atoms with Gasteiger partial charge >= 0.3 is 0 Å². The minimum atomic E-state index is 0.230. The Morgan fingerprint density at radius 1 is 1.18 bits per heavy atom. The fourth-order valence-electron chi connectivity index (χ4n) is 2.59. The molecule has 3 atom stereocenters. The fourth-order valence-corrected chi connectivity index (χ4v) is 2.59. The van der Waals surface area contributed by atoms with Gasteiger partial charge in [0.05, 0.1) is 0 Å². The monoisotopic (exact) mass is 240 g/mol. The zero-order chi connectivity index (χ0) is 12.7. The molecule has 0 heterocycles. The average molecular weight is 240 g/mol. The summed E-state index contributed by atoms with van der Waals surface area (Å²) in [7, 11) is 0. The Balaban J connectivity index is 2.14. The van der Waals surface area contributed by atoms with Crippen molar-refractivity contribution in [3.8, 4) is 0 Å². The molecule has 0 bridgehead atoms. The number of nitrogens with one attached hydrogen (secondary N) is 1. The van der Waals surface area contributed by atoms with Crippen LogP contribution in [-0.4, -0.2) is 18.5 Å². The van der Waals surface area contributed by atoms with E-state index in [1.54, 1.807) is 0 Å². The van der Waals surface area contributed by atoms with Gasteiger partial charge in [-0.1, -0.05) is 20.3 Å². The lowest BCUT2D eigenvalue weighted by molar-refractivity contribution is -0.122. The van der Waals surface area contributed by atoms with Gasteiger partial charge in [0.15, 0.2) is 0 Å². The maximum Gasteiger partial charge on any atom is 0.220 e. The molecule has 1 amide bonds. The van der Waals surface area contributed by atoms with E-state index in [0.29, 0.717) is 12.5 Å². The Hall–Kier alpha value is -0.570. The van der Waals surface area contributed by atoms with Gasteiger partial charge in [0.2, 0.25) is 5.91 Å². The molecular formula is C14H28N2O. The Morgan fingerprint density at radius 3 is 2.59 bits per heavy atom. The van der Waals surface area contributed by atoms with E-state index in [0.717, 1.165) is 50.5 Å². The van der Waals surface area contributed by atoms with Gasteiger partial charge < -0.3 is 11.1 Å². The third-order valence-corrected chi connectivity index (χ3v) is 4.07. The SMILES string of the molecule is CC1CCC(NC(=O)CCCCCN)C[C@H]1C. The fraction of sp³-hybridized carbons (Fsp3) is 0.929. The molecule has 1 rings (SSSR count). The van der Waals surface area contributed by atoms with E-state index in [1.807, 2.05) is 0 Å². The van der Waals surface area contributed by atoms with Crippen molar-refractivity contribution in [1.82, 2.24) is 5.32 Å². The molecule has 17 heavy (non-hydrogen) atoms. The summed E-state index contributed by atoms with van der Waals surface area (Å²) in [5, 5.41) is 3.18. The number of hydrogen-bond acceptors (Lipinski definition) is 2. The Bertz CT molecular complexity index is 230. The molecule has 3 N–H and O–H groups in total. The molecule has 1 fully saturated rings. The van der Waals surface area contributed by atoms with Crippen LogP contribution in [0.25, 0.3) is 0 Å². The lowest BCUT2D eigenvalue weighted by Gasteiger charge is -2.32. The van der Waals surface area contributed by atoms with Gasteiger partial charge in [0.1, 0.15) is 0 Å². The minimum absolute atomic E-state index is 0.230. The summed E-state index contributed by atoms with van der Waals surface area (Å²) in [6, 6.07) is 0.420. The molecule has 0 aliphatic heterocycles. The van der Waals surface area contributed by atoms with Gasteiger partial charge in [-0.05, 0) is 50.5 Å². The number of nitrogens with two attached hydrogens (primary N) is 1. The Labute approximate surface area is 106 Å². The second-order valence-corrected chi connectivity index (χ2v) is 5.63. The van der Waals surface area contributed by atoms with Crippen LogP contribution in [0.15, 0.2) is 0 Å². The Morgan fingerprint density at radius 2 is 1.94 bits per heavy atom. The molecule has 0 aromatic carbocycles. The molecule has 1 aliphatic rings. The van der Waals surface area contributed by atoms with Crippen molar-refractivity contribution in [2.45, 2.75) is 64.8 Å². The first-order valence-corrected chi connectivity index (χ1v) is 7.13. The molecule has 0 aromatic rings. The smallest absolute Gasteiger partial charge is 0.220 e. The molecule has 0 radical (unpaired) electrons. The molecule has 0 aromatic heterocycles. The van der Waals surface area contributed by atoms with Crippen molar-refractivity contribution in [2.24, 2.45) is 17.6 Å². The van der Waals surface area contributed by atoms with Gasteiger partial charge in [-0.15, -0.1) is 0 Å². The molecule has 1 saturated carbocycles. The van der Waals surface area contributed by atoms with Crippen molar-refractivity contribution in [1.29, 1.82) is 0 Å². The first-order valence-electron chi connectivity index (χ1n) is 7.13. The molecule has 3 heteroatoms. The number of unbranched alkanes of at least 4 members (excludes halogenated alkanes) is 2. The molecule has 3 nitrogen and oxygen atoms in total. The van der Waals surface area contributed by atoms with Crippen molar-refractivity contribution < 1.29 is 4.79 Å². The maximum absolute atomic E-state index is 11.7. The predicted octanol–water partition coefficient (Wildman–Crippen LogP) is 2.45. The second kappa shape index (κ2) is 7.70. The van der Waals surface area contributed by atoms with E-state index < -0.39 is 0 Å². The molecule has 1 aliphatic carbocycles. The first kappa shape index (κ1) is 14.5. The third kappa shape index (κ3) is 5.53. The van der Waals surface area contributed by atoms with E-state index in [1.165, 1.54) is 6.42 Å². The number of rotatable bonds is 6. The second-order valence-electron chi connectivity index (χ2n) is 5.63. The average Bonchev–Trinajstić information content (AvgIpc) is 2.30. The summed E-state index contributed by atoms with van der Waals surface area (Å²) in [5.41, 5.74) is 5.42. The summed E-state index contributed by atoms with van der Waals surface area (Å²) < 4.78 is 0. The number of amides is 1. The molecule has 0 spiro atoms. The quantitative estimate of drug-likeness (QED) is 0.701. The minimum Gasteiger partial charge on any atom is -0.353 e. The molecule has 2 unspecified atom stereocenters. The van der Waals surface area contributed by atoms with E-state index in [4.69, 9.17) is 5.73 Å². The van der Waals surface area contributed by atoms with Gasteiger partial charge in [0.25, 0.3) is 0 Å². The van der Waals surface area contributed by atoms with Crippen molar-refractivity contribution in [2.75, 3.05) is 6.54 Å². The van der Waals surface area contributed by atoms with Crippen LogP contribution in [0.5, 0.6) is 0 Å². The third-order valence-electron chi connectivity index (χ3n) is 4.07. The van der Waals surface area contributed by atoms with Crippen LogP contribution >= 0.6 is 0 Å². The van der Waals surface area contributed by atoms with E-state index in [9.17, 15) is 4.79 Å². The topological polar surface area (TPSA) is 55.1 Å². The van der Waals surface area contributed by atoms with E-state index >= 15 is 0 Å². The van der Waals surface area contributed by atoms with Gasteiger partial charge in [-0.25, -0.2) is 0 Å². The summed E-state index contributed by atoms with van der Waals surface area (Å²) in [4.78, 5) is 11.7. The zero-order valence-electron chi connectivity index (χ0n) is 11.4. The number of carbonyl (C=O) groups is 1. The lowest BCUT2D eigenvalue weighted by atomic mass is 9.79. The summed E-state index contributed by atoms with van der Waals surface area (Å²) in [6.45, 7) is 5.35. The van der Waals surface area contributed by atoms with Crippen LogP contribution < -0.4 is 11.1 Å². The first-order chi connectivity index (χ1) is 8.13. The summed E-state index contributed by atoms with van der Waals surface area (Å²) >= 11 is 0. The van der Waals surface area contributed by atoms with Gasteiger partial charge in [-0.3, -0.25) is 4.79 Å². The largest absolute Gasteiger partial charge is 0.353 e. The van der Waals surface area contributed by atoms with Crippen molar-refractivity contribution >= 4 is 5.91 Å². The highest BCUT2D eigenvalue weighted by Gasteiger charge is 2.25. The highest BCUT2D eigenvalue weighted by atomic mass is 16.1. The highest BCUT2D eigenvalue weighted by molar-refractivity contribution is 5.76. The molecule has 100 valence electrons. The summed E-state index contributed by atoms with van der Waals surface area (Å²) in [6.07, 6.45) is 7.30. The van der Waals surface area contributed by atoms with Gasteiger partial charge in [0, 0.05) is 12.5 Å². The van der Waals surface area contributed by atoms with E-state index in [-0.39, 0.29) is 5.91 Å². The van der Waals surface area contributed by atoms with Crippen LogP contribution in [0.4, 0.5) is 0 Å². The van der Waals surface area contributed by atoms with Crippen LogP contribution in [0, 0.1) is 11.8 Å². The zero-order valence-corrected chi connectivity index (χ0v) is 11.4. The number of carbonyl (C=O) groups excluding carboxylic acids is 1. The lowest BCUT2D eigenvalue weighted by Crippen LogP contribution is -2.39. The van der Waals surface area contributed by atoms with Crippen molar-refractivity contribution in [3.63, 3.8) is 0 Å². The van der Waals surface area contributed by atoms with Crippen LogP contribution in [0.1, 0.15) is 58.8 Å². The summed E-state index contributed by atoms with van der Waals surface area (Å²) in [5.74, 6) is 1.78. The molecule has 0 saturated heterocycles. The van der Waals surface area contributed by atoms with Crippen LogP contribution in [0.3, 0.4) is 0 Å². The van der Waals surface area contributed by atoms with Gasteiger partial charge in [-0.2, -0.15) is 0 Å². The Kier molecular flexibility index (Phi) is 6.56.